The van der Waals surface area contributed by atoms with Crippen molar-refractivity contribution in [2.45, 2.75) is 57.9 Å². The average Bonchev–Trinajstić information content (AvgIpc) is 2.64. The second kappa shape index (κ2) is 6.03. The maximum atomic E-state index is 12.1. The molecule has 1 N–H and O–H groups in total. The molecule has 0 aromatic heterocycles. The van der Waals surface area contributed by atoms with Gasteiger partial charge in [-0.25, -0.2) is 0 Å². The van der Waals surface area contributed by atoms with E-state index in [1.165, 1.54) is 30.2 Å². The first-order valence-corrected chi connectivity index (χ1v) is 7.06. The van der Waals surface area contributed by atoms with E-state index >= 15 is 0 Å². The van der Waals surface area contributed by atoms with Crippen LogP contribution < -0.4 is 5.32 Å². The van der Waals surface area contributed by atoms with Crippen LogP contribution in [-0.4, -0.2) is 29.3 Å². The molecule has 0 saturated heterocycles. The van der Waals surface area contributed by atoms with E-state index in [2.05, 4.69) is 12.2 Å². The predicted molar refractivity (Wildman–Crippen MR) is 69.7 cm³/mol. The van der Waals surface area contributed by atoms with Crippen LogP contribution in [0.4, 0.5) is 0 Å². The van der Waals surface area contributed by atoms with E-state index in [-0.39, 0.29) is 11.8 Å². The minimum absolute atomic E-state index is 0.140. The van der Waals surface area contributed by atoms with E-state index in [1.54, 1.807) is 0 Å². The van der Waals surface area contributed by atoms with Gasteiger partial charge in [0.1, 0.15) is 5.70 Å². The number of hydrogen-bond donors (Lipinski definition) is 1. The molecule has 1 heterocycles. The van der Waals surface area contributed by atoms with Crippen molar-refractivity contribution in [3.63, 3.8) is 0 Å². The molecule has 1 saturated carbocycles. The van der Waals surface area contributed by atoms with Gasteiger partial charge < -0.3 is 5.32 Å². The molecule has 2 aliphatic rings. The van der Waals surface area contributed by atoms with Crippen LogP contribution in [0.1, 0.15) is 51.9 Å². The lowest BCUT2D eigenvalue weighted by Crippen LogP contribution is -2.37. The topological polar surface area (TPSA) is 49.4 Å². The Morgan fingerprint density at radius 1 is 1.28 bits per heavy atom. The van der Waals surface area contributed by atoms with E-state index in [4.69, 9.17) is 0 Å². The summed E-state index contributed by atoms with van der Waals surface area (Å²) in [4.78, 5) is 25.2. The summed E-state index contributed by atoms with van der Waals surface area (Å²) < 4.78 is 0. The van der Waals surface area contributed by atoms with E-state index in [0.717, 1.165) is 25.7 Å². The van der Waals surface area contributed by atoms with Crippen LogP contribution >= 0.6 is 0 Å². The Morgan fingerprint density at radius 3 is 2.67 bits per heavy atom. The van der Waals surface area contributed by atoms with Gasteiger partial charge in [-0.2, -0.15) is 0 Å². The largest absolute Gasteiger partial charge is 0.378 e. The van der Waals surface area contributed by atoms with Gasteiger partial charge >= 0.3 is 0 Å². The monoisotopic (exact) mass is 250 g/mol. The Hall–Kier alpha value is -1.32. The van der Waals surface area contributed by atoms with Gasteiger partial charge in [0.25, 0.3) is 11.8 Å². The lowest BCUT2D eigenvalue weighted by atomic mass is 9.95. The summed E-state index contributed by atoms with van der Waals surface area (Å²) in [5.74, 6) is -0.300. The van der Waals surface area contributed by atoms with Gasteiger partial charge in [-0.05, 0) is 19.3 Å². The zero-order valence-corrected chi connectivity index (χ0v) is 11.1. The quantitative estimate of drug-likeness (QED) is 0.759. The fraction of sp³-hybridized carbons (Fsp3) is 0.714. The Bertz CT molecular complexity index is 357. The van der Waals surface area contributed by atoms with Crippen molar-refractivity contribution in [1.29, 1.82) is 0 Å². The van der Waals surface area contributed by atoms with Crippen LogP contribution in [0.15, 0.2) is 11.8 Å². The lowest BCUT2D eigenvalue weighted by Gasteiger charge is -2.24. The Labute approximate surface area is 108 Å². The molecule has 2 rings (SSSR count). The molecular formula is C14H22N2O2. The van der Waals surface area contributed by atoms with E-state index in [9.17, 15) is 9.59 Å². The fourth-order valence-electron chi connectivity index (χ4n) is 2.61. The molecule has 0 unspecified atom stereocenters. The molecule has 0 bridgehead atoms. The minimum Gasteiger partial charge on any atom is -0.378 e. The summed E-state index contributed by atoms with van der Waals surface area (Å²) in [7, 11) is 0. The number of carbonyl (C=O) groups excluding carboxylic acids is 2. The SMILES string of the molecule is CCCCN1C(=O)C=C(NC2CCCCC2)C1=O. The molecule has 1 fully saturated rings. The first-order valence-electron chi connectivity index (χ1n) is 7.06. The number of hydrogen-bond acceptors (Lipinski definition) is 3. The van der Waals surface area contributed by atoms with Gasteiger partial charge in [0, 0.05) is 18.7 Å². The number of amides is 2. The smallest absolute Gasteiger partial charge is 0.276 e. The maximum Gasteiger partial charge on any atom is 0.276 e. The highest BCUT2D eigenvalue weighted by molar-refractivity contribution is 6.15. The van der Waals surface area contributed by atoms with Crippen LogP contribution in [0.3, 0.4) is 0 Å². The normalized spacial score (nSPS) is 21.4. The maximum absolute atomic E-state index is 12.1. The van der Waals surface area contributed by atoms with Gasteiger partial charge in [0.05, 0.1) is 0 Å². The van der Waals surface area contributed by atoms with Crippen LogP contribution in [0.25, 0.3) is 0 Å². The number of imide groups is 1. The van der Waals surface area contributed by atoms with Crippen molar-refractivity contribution in [1.82, 2.24) is 10.2 Å². The van der Waals surface area contributed by atoms with Gasteiger partial charge in [-0.15, -0.1) is 0 Å². The summed E-state index contributed by atoms with van der Waals surface area (Å²) in [5, 5.41) is 3.25. The average molecular weight is 250 g/mol. The van der Waals surface area contributed by atoms with Crippen molar-refractivity contribution >= 4 is 11.8 Å². The van der Waals surface area contributed by atoms with Crippen molar-refractivity contribution in [2.24, 2.45) is 0 Å². The molecule has 18 heavy (non-hydrogen) atoms. The highest BCUT2D eigenvalue weighted by atomic mass is 16.2. The van der Waals surface area contributed by atoms with Crippen molar-refractivity contribution in [3.05, 3.63) is 11.8 Å². The van der Waals surface area contributed by atoms with Gasteiger partial charge in [0.2, 0.25) is 0 Å². The number of nitrogens with zero attached hydrogens (tertiary/aromatic N) is 1. The molecule has 4 heteroatoms. The third kappa shape index (κ3) is 2.92. The van der Waals surface area contributed by atoms with Gasteiger partial charge in [-0.1, -0.05) is 32.6 Å². The Morgan fingerprint density at radius 2 is 2.00 bits per heavy atom. The molecule has 1 aliphatic carbocycles. The number of unbranched alkanes of at least 4 members (excludes halogenated alkanes) is 1. The minimum atomic E-state index is -0.160. The van der Waals surface area contributed by atoms with Crippen molar-refractivity contribution in [2.75, 3.05) is 6.54 Å². The van der Waals surface area contributed by atoms with Gasteiger partial charge in [0.15, 0.2) is 0 Å². The molecule has 0 radical (unpaired) electrons. The highest BCUT2D eigenvalue weighted by Gasteiger charge is 2.31. The first-order chi connectivity index (χ1) is 8.72. The molecule has 2 amide bonds. The molecule has 0 spiro atoms. The number of rotatable bonds is 5. The third-order valence-electron chi connectivity index (χ3n) is 3.71. The number of carbonyl (C=O) groups is 2. The summed E-state index contributed by atoms with van der Waals surface area (Å²) in [6.07, 6.45) is 9.25. The van der Waals surface area contributed by atoms with Crippen LogP contribution in [-0.2, 0) is 9.59 Å². The summed E-state index contributed by atoms with van der Waals surface area (Å²) in [5.41, 5.74) is 0.503. The highest BCUT2D eigenvalue weighted by Crippen LogP contribution is 2.20. The molecule has 1 aliphatic heterocycles. The van der Waals surface area contributed by atoms with Crippen LogP contribution in [0.5, 0.6) is 0 Å². The standard InChI is InChI=1S/C14H22N2O2/c1-2-3-9-16-13(17)10-12(14(16)18)15-11-7-5-4-6-8-11/h10-11,15H,2-9H2,1H3. The molecule has 4 nitrogen and oxygen atoms in total. The zero-order chi connectivity index (χ0) is 13.0. The zero-order valence-electron chi connectivity index (χ0n) is 11.1. The number of nitrogens with one attached hydrogen (secondary N) is 1. The summed E-state index contributed by atoms with van der Waals surface area (Å²) in [6, 6.07) is 0.368. The molecule has 0 aromatic carbocycles. The molecule has 100 valence electrons. The van der Waals surface area contributed by atoms with Crippen molar-refractivity contribution in [3.8, 4) is 0 Å². The summed E-state index contributed by atoms with van der Waals surface area (Å²) >= 11 is 0. The second-order valence-electron chi connectivity index (χ2n) is 5.19. The van der Waals surface area contributed by atoms with Crippen LogP contribution in [0.2, 0.25) is 0 Å². The van der Waals surface area contributed by atoms with E-state index < -0.39 is 0 Å². The first kappa shape index (κ1) is 13.1. The summed E-state index contributed by atoms with van der Waals surface area (Å²) in [6.45, 7) is 2.60. The van der Waals surface area contributed by atoms with E-state index in [0.29, 0.717) is 18.3 Å². The third-order valence-corrected chi connectivity index (χ3v) is 3.71. The van der Waals surface area contributed by atoms with E-state index in [1.807, 2.05) is 0 Å². The van der Waals surface area contributed by atoms with Crippen LogP contribution in [0, 0.1) is 0 Å². The Kier molecular flexibility index (Phi) is 4.39. The molecule has 0 atom stereocenters. The Balaban J connectivity index is 1.91. The second-order valence-corrected chi connectivity index (χ2v) is 5.19. The predicted octanol–water partition coefficient (Wildman–Crippen LogP) is 1.96. The lowest BCUT2D eigenvalue weighted by molar-refractivity contribution is -0.137. The molecule has 0 aromatic rings. The van der Waals surface area contributed by atoms with Gasteiger partial charge in [-0.3, -0.25) is 14.5 Å². The fourth-order valence-corrected chi connectivity index (χ4v) is 2.61. The van der Waals surface area contributed by atoms with Crippen molar-refractivity contribution < 1.29 is 9.59 Å². The molecular weight excluding hydrogens is 228 g/mol.